The lowest BCUT2D eigenvalue weighted by molar-refractivity contribution is 0.207. The number of nitrogens with one attached hydrogen (secondary N) is 1. The fraction of sp³-hybridized carbons (Fsp3) is 0.200. The number of para-hydroxylation sites is 1. The lowest BCUT2D eigenvalue weighted by Crippen LogP contribution is -2.22. The molecule has 156 valence electrons. The van der Waals surface area contributed by atoms with E-state index in [4.69, 9.17) is 14.2 Å². The van der Waals surface area contributed by atoms with E-state index >= 15 is 0 Å². The number of nitrogens with zero attached hydrogens (tertiary/aromatic N) is 2. The van der Waals surface area contributed by atoms with E-state index in [9.17, 15) is 0 Å². The van der Waals surface area contributed by atoms with E-state index in [1.165, 1.54) is 0 Å². The molecule has 0 bridgehead atoms. The van der Waals surface area contributed by atoms with Gasteiger partial charge in [0.25, 0.3) is 0 Å². The van der Waals surface area contributed by atoms with Crippen LogP contribution in [0.3, 0.4) is 0 Å². The van der Waals surface area contributed by atoms with Crippen LogP contribution in [0.1, 0.15) is 22.9 Å². The molecule has 0 aliphatic carbocycles. The summed E-state index contributed by atoms with van der Waals surface area (Å²) in [5, 5.41) is 4.34. The summed E-state index contributed by atoms with van der Waals surface area (Å²) in [7, 11) is 1.63. The van der Waals surface area contributed by atoms with Crippen molar-refractivity contribution in [2.75, 3.05) is 13.7 Å². The maximum atomic E-state index is 6.34. The van der Waals surface area contributed by atoms with Crippen LogP contribution < -0.4 is 19.5 Å². The standard InChI is InChI=1S/C25H23N3O3/c1-29-25-21(30-15-17-7-3-2-4-8-17)12-11-19-23(27-16-28-24(19)25)22-14-26-13-18-9-5-6-10-20(18)31-22/h2-12,16,22,26H,13-15H2,1H3. The molecule has 0 fully saturated rings. The molecule has 31 heavy (non-hydrogen) atoms. The molecule has 2 heterocycles. The Morgan fingerprint density at radius 2 is 1.84 bits per heavy atom. The maximum Gasteiger partial charge on any atom is 0.187 e. The predicted octanol–water partition coefficient (Wildman–Crippen LogP) is 4.44. The summed E-state index contributed by atoms with van der Waals surface area (Å²) < 4.78 is 18.1. The number of rotatable bonds is 5. The quantitative estimate of drug-likeness (QED) is 0.522. The molecule has 1 aliphatic rings. The van der Waals surface area contributed by atoms with E-state index in [-0.39, 0.29) is 6.10 Å². The minimum atomic E-state index is -0.241. The zero-order valence-corrected chi connectivity index (χ0v) is 17.2. The minimum Gasteiger partial charge on any atom is -0.491 e. The van der Waals surface area contributed by atoms with Gasteiger partial charge in [-0.1, -0.05) is 48.5 Å². The third-order valence-corrected chi connectivity index (χ3v) is 5.39. The minimum absolute atomic E-state index is 0.241. The number of hydrogen-bond acceptors (Lipinski definition) is 6. The fourth-order valence-electron chi connectivity index (χ4n) is 3.86. The fourth-order valence-corrected chi connectivity index (χ4v) is 3.86. The van der Waals surface area contributed by atoms with E-state index in [1.54, 1.807) is 13.4 Å². The first-order valence-electron chi connectivity index (χ1n) is 10.3. The average molecular weight is 413 g/mol. The van der Waals surface area contributed by atoms with E-state index in [0.29, 0.717) is 30.2 Å². The first-order valence-corrected chi connectivity index (χ1v) is 10.3. The molecule has 1 N–H and O–H groups in total. The molecule has 0 spiro atoms. The van der Waals surface area contributed by atoms with Gasteiger partial charge in [-0.2, -0.15) is 0 Å². The second kappa shape index (κ2) is 8.62. The zero-order chi connectivity index (χ0) is 21.0. The molecule has 0 amide bonds. The molecular weight excluding hydrogens is 390 g/mol. The van der Waals surface area contributed by atoms with Gasteiger partial charge in [0.15, 0.2) is 17.6 Å². The molecule has 0 saturated heterocycles. The lowest BCUT2D eigenvalue weighted by atomic mass is 10.1. The van der Waals surface area contributed by atoms with Gasteiger partial charge in [-0.3, -0.25) is 0 Å². The molecule has 0 saturated carbocycles. The molecule has 6 nitrogen and oxygen atoms in total. The Labute approximate surface area is 180 Å². The zero-order valence-electron chi connectivity index (χ0n) is 17.2. The predicted molar refractivity (Wildman–Crippen MR) is 118 cm³/mol. The van der Waals surface area contributed by atoms with Gasteiger partial charge in [-0.05, 0) is 23.8 Å². The van der Waals surface area contributed by atoms with Crippen LogP contribution >= 0.6 is 0 Å². The number of hydrogen-bond donors (Lipinski definition) is 1. The monoisotopic (exact) mass is 413 g/mol. The van der Waals surface area contributed by atoms with Gasteiger partial charge < -0.3 is 19.5 Å². The Morgan fingerprint density at radius 3 is 2.71 bits per heavy atom. The van der Waals surface area contributed by atoms with Crippen LogP contribution in [-0.2, 0) is 13.2 Å². The van der Waals surface area contributed by atoms with Gasteiger partial charge >= 0.3 is 0 Å². The van der Waals surface area contributed by atoms with Crippen molar-refractivity contribution < 1.29 is 14.2 Å². The van der Waals surface area contributed by atoms with Gasteiger partial charge in [-0.25, -0.2) is 9.97 Å². The van der Waals surface area contributed by atoms with Gasteiger partial charge in [0.1, 0.15) is 24.2 Å². The van der Waals surface area contributed by atoms with Crippen molar-refractivity contribution in [3.63, 3.8) is 0 Å². The highest BCUT2D eigenvalue weighted by molar-refractivity contribution is 5.89. The number of benzene rings is 3. The average Bonchev–Trinajstić information content (AvgIpc) is 3.05. The second-order valence-electron chi connectivity index (χ2n) is 7.37. The van der Waals surface area contributed by atoms with Crippen molar-refractivity contribution in [2.24, 2.45) is 0 Å². The molecule has 1 aliphatic heterocycles. The maximum absolute atomic E-state index is 6.34. The van der Waals surface area contributed by atoms with Crippen molar-refractivity contribution >= 4 is 10.9 Å². The molecule has 3 aromatic carbocycles. The summed E-state index contributed by atoms with van der Waals surface area (Å²) in [6, 6.07) is 22.0. The van der Waals surface area contributed by atoms with E-state index in [2.05, 4.69) is 21.4 Å². The SMILES string of the molecule is COc1c(OCc2ccccc2)ccc2c(C3CNCc4ccccc4O3)ncnc12. The summed E-state index contributed by atoms with van der Waals surface area (Å²) in [4.78, 5) is 9.07. The first kappa shape index (κ1) is 19.3. The number of fused-ring (bicyclic) bond motifs is 2. The van der Waals surface area contributed by atoms with E-state index in [0.717, 1.165) is 34.5 Å². The van der Waals surface area contributed by atoms with Crippen LogP contribution in [0.5, 0.6) is 17.2 Å². The summed E-state index contributed by atoms with van der Waals surface area (Å²) in [5.41, 5.74) is 3.75. The third-order valence-electron chi connectivity index (χ3n) is 5.39. The summed E-state index contributed by atoms with van der Waals surface area (Å²) in [6.07, 6.45) is 1.32. The number of ether oxygens (including phenoxy) is 3. The molecule has 4 aromatic rings. The van der Waals surface area contributed by atoms with Gasteiger partial charge in [0.05, 0.1) is 12.8 Å². The third kappa shape index (κ3) is 3.90. The molecule has 0 radical (unpaired) electrons. The molecule has 5 rings (SSSR count). The van der Waals surface area contributed by atoms with Crippen LogP contribution in [0.2, 0.25) is 0 Å². The van der Waals surface area contributed by atoms with Crippen LogP contribution in [-0.4, -0.2) is 23.6 Å². The number of aromatic nitrogens is 2. The van der Waals surface area contributed by atoms with Crippen LogP contribution in [0.15, 0.2) is 73.1 Å². The molecule has 1 unspecified atom stereocenters. The van der Waals surface area contributed by atoms with Crippen molar-refractivity contribution in [1.82, 2.24) is 15.3 Å². The van der Waals surface area contributed by atoms with E-state index in [1.807, 2.05) is 60.7 Å². The van der Waals surface area contributed by atoms with Crippen LogP contribution in [0, 0.1) is 0 Å². The Hall–Kier alpha value is -3.64. The Bertz CT molecular complexity index is 1200. The van der Waals surface area contributed by atoms with Crippen molar-refractivity contribution in [3.05, 3.63) is 89.9 Å². The summed E-state index contributed by atoms with van der Waals surface area (Å²) >= 11 is 0. The largest absolute Gasteiger partial charge is 0.491 e. The lowest BCUT2D eigenvalue weighted by Gasteiger charge is -2.19. The smallest absolute Gasteiger partial charge is 0.187 e. The number of methoxy groups -OCH3 is 1. The van der Waals surface area contributed by atoms with Crippen LogP contribution in [0.4, 0.5) is 0 Å². The second-order valence-corrected chi connectivity index (χ2v) is 7.37. The van der Waals surface area contributed by atoms with Crippen molar-refractivity contribution in [1.29, 1.82) is 0 Å². The topological polar surface area (TPSA) is 65.5 Å². The Kier molecular flexibility index (Phi) is 5.37. The van der Waals surface area contributed by atoms with E-state index < -0.39 is 0 Å². The molecule has 1 aromatic heterocycles. The van der Waals surface area contributed by atoms with Gasteiger partial charge in [0.2, 0.25) is 0 Å². The molecule has 6 heteroatoms. The Balaban J connectivity index is 1.49. The van der Waals surface area contributed by atoms with Crippen molar-refractivity contribution in [3.8, 4) is 17.2 Å². The highest BCUT2D eigenvalue weighted by Gasteiger charge is 2.24. The van der Waals surface area contributed by atoms with Gasteiger partial charge in [-0.15, -0.1) is 0 Å². The van der Waals surface area contributed by atoms with Gasteiger partial charge in [0, 0.05) is 24.0 Å². The Morgan fingerprint density at radius 1 is 1.00 bits per heavy atom. The molecule has 1 atom stereocenters. The highest BCUT2D eigenvalue weighted by Crippen LogP contribution is 2.38. The normalized spacial score (nSPS) is 15.6. The summed E-state index contributed by atoms with van der Waals surface area (Å²) in [6.45, 7) is 1.86. The molecular formula is C25H23N3O3. The van der Waals surface area contributed by atoms with Crippen molar-refractivity contribution in [2.45, 2.75) is 19.3 Å². The highest BCUT2D eigenvalue weighted by atomic mass is 16.5. The first-order chi connectivity index (χ1) is 15.3. The summed E-state index contributed by atoms with van der Waals surface area (Å²) in [5.74, 6) is 2.12. The van der Waals surface area contributed by atoms with Crippen LogP contribution in [0.25, 0.3) is 10.9 Å².